The summed E-state index contributed by atoms with van der Waals surface area (Å²) >= 11 is 0. The van der Waals surface area contributed by atoms with Gasteiger partial charge < -0.3 is 14.2 Å². The number of hydrogen-bond donors (Lipinski definition) is 0. The van der Waals surface area contributed by atoms with Crippen molar-refractivity contribution in [2.24, 2.45) is 0 Å². The van der Waals surface area contributed by atoms with Crippen molar-refractivity contribution in [2.75, 3.05) is 26.9 Å². The van der Waals surface area contributed by atoms with Gasteiger partial charge in [-0.1, -0.05) is 0 Å². The molecule has 0 amide bonds. The molecular weight excluding hydrogens is 184 g/mol. The SMILES string of the molecule is COCCOCC1CCC(C(C)=O)O1. The molecule has 1 heterocycles. The molecule has 1 aliphatic rings. The maximum Gasteiger partial charge on any atom is 0.158 e. The van der Waals surface area contributed by atoms with E-state index in [0.29, 0.717) is 19.8 Å². The van der Waals surface area contributed by atoms with Gasteiger partial charge in [0.25, 0.3) is 0 Å². The van der Waals surface area contributed by atoms with Gasteiger partial charge in [0.1, 0.15) is 6.10 Å². The fourth-order valence-corrected chi connectivity index (χ4v) is 1.48. The highest BCUT2D eigenvalue weighted by molar-refractivity contribution is 5.80. The van der Waals surface area contributed by atoms with Crippen LogP contribution in [0.3, 0.4) is 0 Å². The van der Waals surface area contributed by atoms with Crippen LogP contribution >= 0.6 is 0 Å². The van der Waals surface area contributed by atoms with E-state index in [2.05, 4.69) is 0 Å². The van der Waals surface area contributed by atoms with Crippen molar-refractivity contribution in [3.05, 3.63) is 0 Å². The number of methoxy groups -OCH3 is 1. The van der Waals surface area contributed by atoms with Crippen LogP contribution in [-0.2, 0) is 19.0 Å². The number of ketones is 1. The Bertz CT molecular complexity index is 181. The van der Waals surface area contributed by atoms with Gasteiger partial charge >= 0.3 is 0 Å². The predicted octanol–water partition coefficient (Wildman–Crippen LogP) is 0.786. The summed E-state index contributed by atoms with van der Waals surface area (Å²) in [6.45, 7) is 3.32. The van der Waals surface area contributed by atoms with Crippen LogP contribution in [0.5, 0.6) is 0 Å². The van der Waals surface area contributed by atoms with Gasteiger partial charge in [0.15, 0.2) is 5.78 Å². The van der Waals surface area contributed by atoms with Crippen LogP contribution in [0.2, 0.25) is 0 Å². The van der Waals surface area contributed by atoms with Crippen LogP contribution in [0.4, 0.5) is 0 Å². The molecule has 1 fully saturated rings. The molecule has 82 valence electrons. The largest absolute Gasteiger partial charge is 0.382 e. The van der Waals surface area contributed by atoms with E-state index in [-0.39, 0.29) is 18.0 Å². The first-order valence-electron chi connectivity index (χ1n) is 4.96. The Morgan fingerprint density at radius 3 is 2.79 bits per heavy atom. The molecule has 0 spiro atoms. The summed E-state index contributed by atoms with van der Waals surface area (Å²) in [5.41, 5.74) is 0. The van der Waals surface area contributed by atoms with Gasteiger partial charge in [-0.3, -0.25) is 4.79 Å². The number of ether oxygens (including phenoxy) is 3. The molecule has 0 N–H and O–H groups in total. The highest BCUT2D eigenvalue weighted by atomic mass is 16.6. The molecule has 2 atom stereocenters. The Morgan fingerprint density at radius 1 is 1.43 bits per heavy atom. The lowest BCUT2D eigenvalue weighted by molar-refractivity contribution is -0.129. The minimum atomic E-state index is -0.203. The second kappa shape index (κ2) is 6.11. The zero-order valence-electron chi connectivity index (χ0n) is 8.82. The smallest absolute Gasteiger partial charge is 0.158 e. The summed E-state index contributed by atoms with van der Waals surface area (Å²) in [6.07, 6.45) is 1.62. The van der Waals surface area contributed by atoms with Crippen LogP contribution in [0.25, 0.3) is 0 Å². The third-order valence-corrected chi connectivity index (χ3v) is 2.30. The van der Waals surface area contributed by atoms with Gasteiger partial charge in [0, 0.05) is 7.11 Å². The summed E-state index contributed by atoms with van der Waals surface area (Å²) < 4.78 is 15.7. The number of Topliss-reactive ketones (excluding diaryl/α,β-unsaturated/α-hetero) is 1. The standard InChI is InChI=1S/C10H18O4/c1-8(11)10-4-3-9(14-10)7-13-6-5-12-2/h9-10H,3-7H2,1-2H3. The maximum absolute atomic E-state index is 11.0. The second-order valence-corrected chi connectivity index (χ2v) is 3.50. The molecule has 0 saturated carbocycles. The number of carbonyl (C=O) groups excluding carboxylic acids is 1. The van der Waals surface area contributed by atoms with Crippen molar-refractivity contribution in [1.82, 2.24) is 0 Å². The molecule has 1 rings (SSSR count). The summed E-state index contributed by atoms with van der Waals surface area (Å²) in [6, 6.07) is 0. The lowest BCUT2D eigenvalue weighted by atomic mass is 10.1. The van der Waals surface area contributed by atoms with Gasteiger partial charge in [-0.25, -0.2) is 0 Å². The Kier molecular flexibility index (Phi) is 5.07. The highest BCUT2D eigenvalue weighted by Crippen LogP contribution is 2.20. The maximum atomic E-state index is 11.0. The van der Waals surface area contributed by atoms with Gasteiger partial charge in [-0.05, 0) is 19.8 Å². The average Bonchev–Trinajstić information content (AvgIpc) is 2.61. The monoisotopic (exact) mass is 202 g/mol. The Hall–Kier alpha value is -0.450. The Balaban J connectivity index is 2.07. The minimum Gasteiger partial charge on any atom is -0.382 e. The van der Waals surface area contributed by atoms with Gasteiger partial charge in [-0.15, -0.1) is 0 Å². The first-order valence-corrected chi connectivity index (χ1v) is 4.96. The molecule has 1 aliphatic heterocycles. The quantitative estimate of drug-likeness (QED) is 0.597. The summed E-state index contributed by atoms with van der Waals surface area (Å²) in [5.74, 6) is 0.115. The van der Waals surface area contributed by atoms with Gasteiger partial charge in [-0.2, -0.15) is 0 Å². The van der Waals surface area contributed by atoms with Crippen molar-refractivity contribution >= 4 is 5.78 Å². The van der Waals surface area contributed by atoms with E-state index in [0.717, 1.165) is 12.8 Å². The minimum absolute atomic E-state index is 0.0840. The van der Waals surface area contributed by atoms with Crippen molar-refractivity contribution in [3.63, 3.8) is 0 Å². The van der Waals surface area contributed by atoms with E-state index in [9.17, 15) is 4.79 Å². The molecule has 0 aromatic heterocycles. The Morgan fingerprint density at radius 2 is 2.21 bits per heavy atom. The van der Waals surface area contributed by atoms with Crippen LogP contribution in [0.1, 0.15) is 19.8 Å². The van der Waals surface area contributed by atoms with Crippen molar-refractivity contribution in [1.29, 1.82) is 0 Å². The van der Waals surface area contributed by atoms with Crippen molar-refractivity contribution < 1.29 is 19.0 Å². The topological polar surface area (TPSA) is 44.8 Å². The summed E-state index contributed by atoms with van der Waals surface area (Å²) in [4.78, 5) is 11.0. The van der Waals surface area contributed by atoms with E-state index in [1.165, 1.54) is 0 Å². The molecule has 1 saturated heterocycles. The predicted molar refractivity (Wildman–Crippen MR) is 51.3 cm³/mol. The summed E-state index contributed by atoms with van der Waals surface area (Å²) in [7, 11) is 1.64. The molecule has 0 bridgehead atoms. The van der Waals surface area contributed by atoms with Crippen LogP contribution in [-0.4, -0.2) is 44.9 Å². The van der Waals surface area contributed by atoms with E-state index >= 15 is 0 Å². The third-order valence-electron chi connectivity index (χ3n) is 2.30. The molecule has 4 nitrogen and oxygen atoms in total. The fraction of sp³-hybridized carbons (Fsp3) is 0.900. The Labute approximate surface area is 84.5 Å². The lowest BCUT2D eigenvalue weighted by Crippen LogP contribution is -2.21. The van der Waals surface area contributed by atoms with E-state index in [1.807, 2.05) is 0 Å². The molecule has 4 heteroatoms. The zero-order valence-corrected chi connectivity index (χ0v) is 8.82. The third kappa shape index (κ3) is 3.74. The molecule has 0 aromatic rings. The van der Waals surface area contributed by atoms with Crippen LogP contribution in [0.15, 0.2) is 0 Å². The van der Waals surface area contributed by atoms with E-state index < -0.39 is 0 Å². The van der Waals surface area contributed by atoms with E-state index in [1.54, 1.807) is 14.0 Å². The molecule has 0 aliphatic carbocycles. The van der Waals surface area contributed by atoms with E-state index in [4.69, 9.17) is 14.2 Å². The zero-order chi connectivity index (χ0) is 10.4. The van der Waals surface area contributed by atoms with Crippen molar-refractivity contribution in [3.8, 4) is 0 Å². The highest BCUT2D eigenvalue weighted by Gasteiger charge is 2.28. The number of rotatable bonds is 6. The fourth-order valence-electron chi connectivity index (χ4n) is 1.48. The van der Waals surface area contributed by atoms with Crippen LogP contribution < -0.4 is 0 Å². The summed E-state index contributed by atoms with van der Waals surface area (Å²) in [5, 5.41) is 0. The number of hydrogen-bond acceptors (Lipinski definition) is 4. The molecule has 2 unspecified atom stereocenters. The van der Waals surface area contributed by atoms with Crippen LogP contribution in [0, 0.1) is 0 Å². The molecular formula is C10H18O4. The van der Waals surface area contributed by atoms with Crippen molar-refractivity contribution in [2.45, 2.75) is 32.0 Å². The average molecular weight is 202 g/mol. The molecule has 0 aromatic carbocycles. The first-order chi connectivity index (χ1) is 6.74. The number of carbonyl (C=O) groups is 1. The lowest BCUT2D eigenvalue weighted by Gasteiger charge is -2.11. The molecule has 14 heavy (non-hydrogen) atoms. The first kappa shape index (κ1) is 11.6. The van der Waals surface area contributed by atoms with Gasteiger partial charge in [0.05, 0.1) is 25.9 Å². The van der Waals surface area contributed by atoms with Gasteiger partial charge in [0.2, 0.25) is 0 Å². The second-order valence-electron chi connectivity index (χ2n) is 3.50. The normalized spacial score (nSPS) is 26.7. The molecule has 0 radical (unpaired) electrons.